The van der Waals surface area contributed by atoms with Crippen LogP contribution in [0.2, 0.25) is 0 Å². The highest BCUT2D eigenvalue weighted by molar-refractivity contribution is 5.75. The summed E-state index contributed by atoms with van der Waals surface area (Å²) in [5, 5.41) is 0. The van der Waals surface area contributed by atoms with Crippen molar-refractivity contribution in [2.24, 2.45) is 11.8 Å². The van der Waals surface area contributed by atoms with Crippen LogP contribution in [0.3, 0.4) is 0 Å². The monoisotopic (exact) mass is 336 g/mol. The van der Waals surface area contributed by atoms with E-state index in [0.717, 1.165) is 5.56 Å². The topological polar surface area (TPSA) is 74.4 Å². The lowest BCUT2D eigenvalue weighted by Gasteiger charge is -2.11. The molecule has 1 aromatic rings. The van der Waals surface area contributed by atoms with Crippen molar-refractivity contribution >= 4 is 11.9 Å². The van der Waals surface area contributed by atoms with Gasteiger partial charge in [0.25, 0.3) is 0 Å². The van der Waals surface area contributed by atoms with Gasteiger partial charge in [-0.3, -0.25) is 9.59 Å². The molecular weight excluding hydrogens is 312 g/mol. The van der Waals surface area contributed by atoms with Crippen LogP contribution in [-0.4, -0.2) is 31.8 Å². The third kappa shape index (κ3) is 4.47. The Kier molecular flexibility index (Phi) is 5.83. The van der Waals surface area contributed by atoms with Crippen molar-refractivity contribution in [3.63, 3.8) is 0 Å². The predicted octanol–water partition coefficient (Wildman–Crippen LogP) is 2.90. The zero-order valence-electron chi connectivity index (χ0n) is 14.7. The van der Waals surface area contributed by atoms with Crippen LogP contribution in [0, 0.1) is 11.8 Å². The minimum atomic E-state index is -0.317. The standard InChI is InChI=1S/C18H24O6/c1-10(2)17(19)22-9-15-16(23-15)12-6-7-13(14(8-12)21-5)24-18(20)11(3)4/h6-8,10-11,15-16H,9H2,1-5H3/t15-,16-/m1/s1. The summed E-state index contributed by atoms with van der Waals surface area (Å²) in [6.07, 6.45) is -0.296. The van der Waals surface area contributed by atoms with E-state index in [9.17, 15) is 9.59 Å². The van der Waals surface area contributed by atoms with Gasteiger partial charge in [-0.15, -0.1) is 0 Å². The molecule has 0 bridgehead atoms. The molecular formula is C18H24O6. The molecule has 1 fully saturated rings. The average molecular weight is 336 g/mol. The summed E-state index contributed by atoms with van der Waals surface area (Å²) in [5.74, 6) is -0.0864. The largest absolute Gasteiger partial charge is 0.493 e. The van der Waals surface area contributed by atoms with Gasteiger partial charge in [-0.25, -0.2) is 0 Å². The average Bonchev–Trinajstić information content (AvgIpc) is 3.32. The highest BCUT2D eigenvalue weighted by Gasteiger charge is 2.41. The first-order chi connectivity index (χ1) is 11.3. The molecule has 1 aromatic carbocycles. The van der Waals surface area contributed by atoms with Crippen LogP contribution in [0.1, 0.15) is 39.4 Å². The number of carbonyl (C=O) groups excluding carboxylic acids is 2. The first-order valence-corrected chi connectivity index (χ1v) is 8.05. The van der Waals surface area contributed by atoms with Crippen LogP contribution in [0.25, 0.3) is 0 Å². The number of hydrogen-bond acceptors (Lipinski definition) is 6. The van der Waals surface area contributed by atoms with E-state index in [4.69, 9.17) is 18.9 Å². The Morgan fingerprint density at radius 2 is 1.75 bits per heavy atom. The van der Waals surface area contributed by atoms with E-state index in [1.807, 2.05) is 6.07 Å². The normalized spacial score (nSPS) is 19.3. The molecule has 6 heteroatoms. The zero-order chi connectivity index (χ0) is 17.9. The van der Waals surface area contributed by atoms with Gasteiger partial charge in [0.15, 0.2) is 11.5 Å². The number of carbonyl (C=O) groups is 2. The van der Waals surface area contributed by atoms with Crippen molar-refractivity contribution in [3.05, 3.63) is 23.8 Å². The molecule has 0 unspecified atom stereocenters. The fourth-order valence-corrected chi connectivity index (χ4v) is 2.07. The second-order valence-electron chi connectivity index (χ2n) is 6.37. The van der Waals surface area contributed by atoms with Crippen molar-refractivity contribution < 1.29 is 28.5 Å². The van der Waals surface area contributed by atoms with Gasteiger partial charge in [0.05, 0.1) is 18.9 Å². The van der Waals surface area contributed by atoms with Gasteiger partial charge >= 0.3 is 11.9 Å². The SMILES string of the molecule is COc1cc([C@H]2O[C@@H]2COC(=O)C(C)C)ccc1OC(=O)C(C)C. The molecule has 0 radical (unpaired) electrons. The number of hydrogen-bond donors (Lipinski definition) is 0. The Morgan fingerprint density at radius 1 is 1.08 bits per heavy atom. The van der Waals surface area contributed by atoms with E-state index in [0.29, 0.717) is 11.5 Å². The van der Waals surface area contributed by atoms with Gasteiger partial charge in [0.1, 0.15) is 18.8 Å². The highest BCUT2D eigenvalue weighted by atomic mass is 16.6. The first kappa shape index (κ1) is 18.3. The molecule has 0 saturated carbocycles. The van der Waals surface area contributed by atoms with Gasteiger partial charge < -0.3 is 18.9 Å². The van der Waals surface area contributed by atoms with Gasteiger partial charge in [0, 0.05) is 0 Å². The molecule has 2 atom stereocenters. The van der Waals surface area contributed by atoms with Gasteiger partial charge in [0.2, 0.25) is 0 Å². The maximum atomic E-state index is 11.7. The predicted molar refractivity (Wildman–Crippen MR) is 86.9 cm³/mol. The first-order valence-electron chi connectivity index (χ1n) is 8.05. The van der Waals surface area contributed by atoms with Crippen LogP contribution in [0.4, 0.5) is 0 Å². The van der Waals surface area contributed by atoms with Gasteiger partial charge in [-0.05, 0) is 17.7 Å². The highest BCUT2D eigenvalue weighted by Crippen LogP contribution is 2.42. The third-order valence-corrected chi connectivity index (χ3v) is 3.64. The molecule has 0 N–H and O–H groups in total. The summed E-state index contributed by atoms with van der Waals surface area (Å²) in [6, 6.07) is 5.28. The van der Waals surface area contributed by atoms with Crippen molar-refractivity contribution in [1.82, 2.24) is 0 Å². The molecule has 0 amide bonds. The van der Waals surface area contributed by atoms with Crippen LogP contribution >= 0.6 is 0 Å². The minimum absolute atomic E-state index is 0.145. The molecule has 24 heavy (non-hydrogen) atoms. The summed E-state index contributed by atoms with van der Waals surface area (Å²) in [6.45, 7) is 7.34. The van der Waals surface area contributed by atoms with Crippen LogP contribution in [0.5, 0.6) is 11.5 Å². The quantitative estimate of drug-likeness (QED) is 0.433. The Morgan fingerprint density at radius 3 is 2.33 bits per heavy atom. The molecule has 6 nitrogen and oxygen atoms in total. The molecule has 0 aliphatic carbocycles. The fourth-order valence-electron chi connectivity index (χ4n) is 2.07. The van der Waals surface area contributed by atoms with E-state index in [2.05, 4.69) is 0 Å². The molecule has 1 aliphatic heterocycles. The molecule has 132 valence electrons. The Labute approximate surface area is 142 Å². The number of rotatable bonds is 7. The van der Waals surface area contributed by atoms with Crippen molar-refractivity contribution in [2.75, 3.05) is 13.7 Å². The molecule has 0 aromatic heterocycles. The number of methoxy groups -OCH3 is 1. The third-order valence-electron chi connectivity index (χ3n) is 3.64. The number of ether oxygens (including phenoxy) is 4. The van der Waals surface area contributed by atoms with Gasteiger partial charge in [-0.2, -0.15) is 0 Å². The smallest absolute Gasteiger partial charge is 0.313 e. The summed E-state index contributed by atoms with van der Waals surface area (Å²) in [4.78, 5) is 23.2. The lowest BCUT2D eigenvalue weighted by atomic mass is 10.1. The number of esters is 2. The van der Waals surface area contributed by atoms with E-state index >= 15 is 0 Å². The maximum Gasteiger partial charge on any atom is 0.313 e. The van der Waals surface area contributed by atoms with E-state index in [-0.39, 0.29) is 42.6 Å². The summed E-state index contributed by atoms with van der Waals surface area (Å²) >= 11 is 0. The fraction of sp³-hybridized carbons (Fsp3) is 0.556. The Balaban J connectivity index is 1.98. The number of benzene rings is 1. The maximum absolute atomic E-state index is 11.7. The number of epoxide rings is 1. The van der Waals surface area contributed by atoms with E-state index < -0.39 is 0 Å². The zero-order valence-corrected chi connectivity index (χ0v) is 14.7. The van der Waals surface area contributed by atoms with Crippen molar-refractivity contribution in [2.45, 2.75) is 39.9 Å². The van der Waals surface area contributed by atoms with E-state index in [1.54, 1.807) is 39.8 Å². The second kappa shape index (κ2) is 7.66. The second-order valence-corrected chi connectivity index (χ2v) is 6.37. The van der Waals surface area contributed by atoms with Crippen LogP contribution in [-0.2, 0) is 19.1 Å². The molecule has 1 aliphatic rings. The molecule has 0 spiro atoms. The molecule has 1 saturated heterocycles. The van der Waals surface area contributed by atoms with Crippen LogP contribution in [0.15, 0.2) is 18.2 Å². The summed E-state index contributed by atoms with van der Waals surface area (Å²) in [7, 11) is 1.52. The molecule has 2 rings (SSSR count). The summed E-state index contributed by atoms with van der Waals surface area (Å²) < 4.78 is 21.3. The minimum Gasteiger partial charge on any atom is -0.493 e. The van der Waals surface area contributed by atoms with Crippen molar-refractivity contribution in [1.29, 1.82) is 0 Å². The Hall–Kier alpha value is -2.08. The van der Waals surface area contributed by atoms with Crippen LogP contribution < -0.4 is 9.47 Å². The van der Waals surface area contributed by atoms with E-state index in [1.165, 1.54) is 7.11 Å². The lowest BCUT2D eigenvalue weighted by molar-refractivity contribution is -0.147. The lowest BCUT2D eigenvalue weighted by Crippen LogP contribution is -2.15. The molecule has 1 heterocycles. The van der Waals surface area contributed by atoms with Crippen molar-refractivity contribution in [3.8, 4) is 11.5 Å². The summed E-state index contributed by atoms with van der Waals surface area (Å²) in [5.41, 5.74) is 0.891. The Bertz CT molecular complexity index is 608. The van der Waals surface area contributed by atoms with Gasteiger partial charge in [-0.1, -0.05) is 33.8 Å².